The molecule has 1 aromatic rings. The number of likely N-dealkylation sites (N-methyl/N-ethyl adjacent to an activating group) is 1. The molecular weight excluding hydrogens is 282 g/mol. The van der Waals surface area contributed by atoms with Gasteiger partial charge >= 0.3 is 0 Å². The van der Waals surface area contributed by atoms with E-state index in [1.807, 2.05) is 6.92 Å². The van der Waals surface area contributed by atoms with Gasteiger partial charge in [-0.05, 0) is 19.4 Å². The van der Waals surface area contributed by atoms with E-state index in [9.17, 15) is 8.42 Å². The van der Waals surface area contributed by atoms with Crippen LogP contribution < -0.4 is 10.0 Å². The second-order valence-electron chi connectivity index (χ2n) is 4.72. The van der Waals surface area contributed by atoms with Crippen molar-refractivity contribution in [2.75, 3.05) is 19.6 Å². The van der Waals surface area contributed by atoms with Crippen LogP contribution in [0.1, 0.15) is 32.0 Å². The van der Waals surface area contributed by atoms with Crippen molar-refractivity contribution >= 4 is 10.2 Å². The summed E-state index contributed by atoms with van der Waals surface area (Å²) in [6, 6.07) is 0.00599. The lowest BCUT2D eigenvalue weighted by Gasteiger charge is -2.34. The topological polar surface area (TPSA) is 116 Å². The van der Waals surface area contributed by atoms with Crippen molar-refractivity contribution in [1.29, 1.82) is 0 Å². The molecule has 0 radical (unpaired) electrons. The van der Waals surface area contributed by atoms with Crippen molar-refractivity contribution in [3.05, 3.63) is 5.82 Å². The van der Waals surface area contributed by atoms with E-state index < -0.39 is 10.2 Å². The molecular formula is C10H21N7O2S. The van der Waals surface area contributed by atoms with E-state index in [1.165, 1.54) is 0 Å². The van der Waals surface area contributed by atoms with Gasteiger partial charge in [-0.15, -0.1) is 10.2 Å². The van der Waals surface area contributed by atoms with Crippen LogP contribution >= 0.6 is 0 Å². The predicted molar refractivity (Wildman–Crippen MR) is 72.8 cm³/mol. The second kappa shape index (κ2) is 7.07. The molecule has 1 unspecified atom stereocenters. The zero-order valence-corrected chi connectivity index (χ0v) is 12.4. The van der Waals surface area contributed by atoms with Gasteiger partial charge in [0.1, 0.15) is 0 Å². The fourth-order valence-corrected chi connectivity index (χ4v) is 3.72. The highest BCUT2D eigenvalue weighted by molar-refractivity contribution is 7.87. The first-order valence-electron chi connectivity index (χ1n) is 6.83. The minimum Gasteiger partial charge on any atom is -0.315 e. The van der Waals surface area contributed by atoms with E-state index in [2.05, 4.69) is 30.7 Å². The maximum atomic E-state index is 12.4. The monoisotopic (exact) mass is 303 g/mol. The zero-order valence-electron chi connectivity index (χ0n) is 11.5. The highest BCUT2D eigenvalue weighted by Gasteiger charge is 2.31. The van der Waals surface area contributed by atoms with Crippen molar-refractivity contribution in [3.63, 3.8) is 0 Å². The molecule has 20 heavy (non-hydrogen) atoms. The Morgan fingerprint density at radius 2 is 2.30 bits per heavy atom. The molecule has 9 nitrogen and oxygen atoms in total. The van der Waals surface area contributed by atoms with Gasteiger partial charge in [0.15, 0.2) is 5.82 Å². The summed E-state index contributed by atoms with van der Waals surface area (Å²) < 4.78 is 28.8. The van der Waals surface area contributed by atoms with Crippen molar-refractivity contribution in [2.24, 2.45) is 0 Å². The molecule has 0 bridgehead atoms. The molecule has 0 spiro atoms. The van der Waals surface area contributed by atoms with Gasteiger partial charge in [-0.1, -0.05) is 18.6 Å². The minimum absolute atomic E-state index is 0.00599. The van der Waals surface area contributed by atoms with E-state index in [-0.39, 0.29) is 12.6 Å². The van der Waals surface area contributed by atoms with Crippen molar-refractivity contribution in [3.8, 4) is 0 Å². The Bertz CT molecular complexity index is 490. The molecule has 1 aliphatic heterocycles. The molecule has 3 N–H and O–H groups in total. The third-order valence-corrected chi connectivity index (χ3v) is 4.92. The average molecular weight is 303 g/mol. The molecule has 0 saturated carbocycles. The van der Waals surface area contributed by atoms with Gasteiger partial charge in [-0.2, -0.15) is 22.7 Å². The van der Waals surface area contributed by atoms with E-state index in [4.69, 9.17) is 0 Å². The van der Waals surface area contributed by atoms with Crippen LogP contribution in [0, 0.1) is 0 Å². The number of hydrogen-bond donors (Lipinski definition) is 3. The first-order valence-corrected chi connectivity index (χ1v) is 8.27. The number of piperidine rings is 1. The van der Waals surface area contributed by atoms with Gasteiger partial charge in [-0.25, -0.2) is 0 Å². The fourth-order valence-electron chi connectivity index (χ4n) is 2.30. The molecule has 1 saturated heterocycles. The van der Waals surface area contributed by atoms with Crippen LogP contribution in [-0.4, -0.2) is 59.0 Å². The number of nitrogens with zero attached hydrogens (tertiary/aromatic N) is 4. The Labute approximate surface area is 118 Å². The Balaban J connectivity index is 1.97. The highest BCUT2D eigenvalue weighted by atomic mass is 32.2. The maximum Gasteiger partial charge on any atom is 0.280 e. The average Bonchev–Trinajstić information content (AvgIpc) is 2.97. The van der Waals surface area contributed by atoms with Crippen molar-refractivity contribution in [1.82, 2.24) is 35.0 Å². The van der Waals surface area contributed by atoms with Crippen LogP contribution in [0.25, 0.3) is 0 Å². The smallest absolute Gasteiger partial charge is 0.280 e. The molecule has 10 heteroatoms. The number of tetrazole rings is 1. The number of H-pyrrole nitrogens is 1. The number of aromatic amines is 1. The Morgan fingerprint density at radius 3 is 3.00 bits per heavy atom. The largest absolute Gasteiger partial charge is 0.315 e. The SMILES string of the molecule is CCNCC1CCCCN1S(=O)(=O)NCc1nn[nH]n1. The molecule has 0 aromatic carbocycles. The lowest BCUT2D eigenvalue weighted by molar-refractivity contribution is 0.243. The van der Waals surface area contributed by atoms with E-state index >= 15 is 0 Å². The normalized spacial score (nSPS) is 21.1. The quantitative estimate of drug-likeness (QED) is 0.595. The molecule has 1 aliphatic rings. The van der Waals surface area contributed by atoms with E-state index in [0.29, 0.717) is 18.9 Å². The lowest BCUT2D eigenvalue weighted by atomic mass is 10.1. The van der Waals surface area contributed by atoms with Gasteiger partial charge in [-0.3, -0.25) is 0 Å². The van der Waals surface area contributed by atoms with Gasteiger partial charge in [0.2, 0.25) is 0 Å². The van der Waals surface area contributed by atoms with Crippen LogP contribution in [-0.2, 0) is 16.8 Å². The fraction of sp³-hybridized carbons (Fsp3) is 0.900. The zero-order chi connectivity index (χ0) is 14.4. The number of hydrogen-bond acceptors (Lipinski definition) is 6. The number of nitrogens with one attached hydrogen (secondary N) is 3. The number of aromatic nitrogens is 4. The summed E-state index contributed by atoms with van der Waals surface area (Å²) in [4.78, 5) is 0. The Morgan fingerprint density at radius 1 is 1.45 bits per heavy atom. The maximum absolute atomic E-state index is 12.4. The number of rotatable bonds is 7. The Kier molecular flexibility index (Phi) is 5.40. The van der Waals surface area contributed by atoms with E-state index in [0.717, 1.165) is 25.8 Å². The first-order chi connectivity index (χ1) is 9.63. The summed E-state index contributed by atoms with van der Waals surface area (Å²) in [5.41, 5.74) is 0. The predicted octanol–water partition coefficient (Wildman–Crippen LogP) is -1.00. The van der Waals surface area contributed by atoms with Crippen LogP contribution in [0.3, 0.4) is 0 Å². The third kappa shape index (κ3) is 3.95. The minimum atomic E-state index is -3.52. The van der Waals surface area contributed by atoms with Gasteiger partial charge in [0.05, 0.1) is 6.54 Å². The van der Waals surface area contributed by atoms with E-state index in [1.54, 1.807) is 4.31 Å². The van der Waals surface area contributed by atoms with Crippen LogP contribution in [0.5, 0.6) is 0 Å². The van der Waals surface area contributed by atoms with Crippen LogP contribution in [0.4, 0.5) is 0 Å². The lowest BCUT2D eigenvalue weighted by Crippen LogP contribution is -2.52. The summed E-state index contributed by atoms with van der Waals surface area (Å²) in [5.74, 6) is 0.328. The summed E-state index contributed by atoms with van der Waals surface area (Å²) in [6.45, 7) is 4.12. The van der Waals surface area contributed by atoms with Crippen LogP contribution in [0.15, 0.2) is 0 Å². The summed E-state index contributed by atoms with van der Waals surface area (Å²) in [6.07, 6.45) is 2.84. The standard InChI is InChI=1S/C10H21N7O2S/c1-2-11-7-9-5-3-4-6-17(9)20(18,19)12-8-10-13-15-16-14-10/h9,11-12H,2-8H2,1H3,(H,13,14,15,16). The second-order valence-corrected chi connectivity index (χ2v) is 6.43. The highest BCUT2D eigenvalue weighted by Crippen LogP contribution is 2.19. The molecule has 1 fully saturated rings. The molecule has 2 rings (SSSR count). The van der Waals surface area contributed by atoms with Crippen molar-refractivity contribution in [2.45, 2.75) is 38.8 Å². The third-order valence-electron chi connectivity index (χ3n) is 3.31. The first kappa shape index (κ1) is 15.3. The molecule has 114 valence electrons. The molecule has 1 aromatic heterocycles. The van der Waals surface area contributed by atoms with Gasteiger partial charge < -0.3 is 5.32 Å². The van der Waals surface area contributed by atoms with Crippen molar-refractivity contribution < 1.29 is 8.42 Å². The molecule has 1 atom stereocenters. The summed E-state index contributed by atoms with van der Waals surface area (Å²) >= 11 is 0. The van der Waals surface area contributed by atoms with Crippen LogP contribution in [0.2, 0.25) is 0 Å². The van der Waals surface area contributed by atoms with Gasteiger partial charge in [0, 0.05) is 19.1 Å². The molecule has 0 aliphatic carbocycles. The molecule has 2 heterocycles. The summed E-state index contributed by atoms with van der Waals surface area (Å²) in [5, 5.41) is 16.4. The summed E-state index contributed by atoms with van der Waals surface area (Å²) in [7, 11) is -3.52. The van der Waals surface area contributed by atoms with Gasteiger partial charge in [0.25, 0.3) is 10.2 Å². The molecule has 0 amide bonds. The Hall–Kier alpha value is -1.10.